The van der Waals surface area contributed by atoms with Crippen molar-refractivity contribution in [2.75, 3.05) is 5.32 Å². The molecule has 0 spiro atoms. The van der Waals surface area contributed by atoms with Gasteiger partial charge in [-0.2, -0.15) is 0 Å². The van der Waals surface area contributed by atoms with Crippen molar-refractivity contribution in [3.05, 3.63) is 89.5 Å². The van der Waals surface area contributed by atoms with Gasteiger partial charge in [-0.25, -0.2) is 4.21 Å². The first-order valence-electron chi connectivity index (χ1n) is 9.93. The lowest BCUT2D eigenvalue weighted by Crippen LogP contribution is -2.16. The molecule has 5 heteroatoms. The summed E-state index contributed by atoms with van der Waals surface area (Å²) in [7, 11) is -1.37. The van der Waals surface area contributed by atoms with Crippen molar-refractivity contribution in [2.24, 2.45) is 5.92 Å². The summed E-state index contributed by atoms with van der Waals surface area (Å²) < 4.78 is 13.1. The van der Waals surface area contributed by atoms with E-state index >= 15 is 0 Å². The SMILES string of the molecule is CC(=O)c1ccc([C@H]2C[C@H]2C(=O)Nc2ccccc2S(=O)c2ccc(C)cc2)cc1. The van der Waals surface area contributed by atoms with Gasteiger partial charge in [0.25, 0.3) is 0 Å². The van der Waals surface area contributed by atoms with Crippen molar-refractivity contribution < 1.29 is 13.8 Å². The Kier molecular flexibility index (Phi) is 5.64. The molecule has 0 heterocycles. The molecule has 1 aliphatic carbocycles. The van der Waals surface area contributed by atoms with Crippen molar-refractivity contribution in [1.29, 1.82) is 0 Å². The average Bonchev–Trinajstić information content (AvgIpc) is 3.55. The molecule has 0 radical (unpaired) electrons. The van der Waals surface area contributed by atoms with E-state index in [1.165, 1.54) is 0 Å². The summed E-state index contributed by atoms with van der Waals surface area (Å²) >= 11 is 0. The maximum absolute atomic E-state index is 13.1. The zero-order chi connectivity index (χ0) is 21.3. The summed E-state index contributed by atoms with van der Waals surface area (Å²) in [5, 5.41) is 2.98. The van der Waals surface area contributed by atoms with Gasteiger partial charge in [0.15, 0.2) is 5.78 Å². The maximum Gasteiger partial charge on any atom is 0.228 e. The minimum absolute atomic E-state index is 0.0322. The molecular weight excluding hydrogens is 394 g/mol. The number of amides is 1. The zero-order valence-corrected chi connectivity index (χ0v) is 17.7. The molecule has 1 aliphatic rings. The fourth-order valence-corrected chi connectivity index (χ4v) is 4.72. The van der Waals surface area contributed by atoms with Gasteiger partial charge in [0.1, 0.15) is 0 Å². The van der Waals surface area contributed by atoms with Crippen molar-refractivity contribution >= 4 is 28.2 Å². The molecule has 3 aromatic carbocycles. The molecular formula is C25H23NO3S. The number of benzene rings is 3. The summed E-state index contributed by atoms with van der Waals surface area (Å²) in [4.78, 5) is 25.6. The van der Waals surface area contributed by atoms with Crippen molar-refractivity contribution in [3.8, 4) is 0 Å². The van der Waals surface area contributed by atoms with Crippen LogP contribution >= 0.6 is 0 Å². The second-order valence-corrected chi connectivity index (χ2v) is 9.14. The molecule has 3 aromatic rings. The number of nitrogens with one attached hydrogen (secondary N) is 1. The topological polar surface area (TPSA) is 63.2 Å². The first-order valence-corrected chi connectivity index (χ1v) is 11.1. The number of para-hydroxylation sites is 1. The number of carbonyl (C=O) groups excluding carboxylic acids is 2. The molecule has 3 atom stereocenters. The molecule has 152 valence electrons. The third-order valence-corrected chi connectivity index (χ3v) is 6.91. The number of carbonyl (C=O) groups is 2. The molecule has 4 rings (SSSR count). The first kappa shape index (κ1) is 20.2. The normalized spacial score (nSPS) is 18.5. The maximum atomic E-state index is 13.1. The van der Waals surface area contributed by atoms with Gasteiger partial charge in [0.2, 0.25) is 5.91 Å². The van der Waals surface area contributed by atoms with Gasteiger partial charge in [-0.05, 0) is 56.0 Å². The molecule has 1 fully saturated rings. The third kappa shape index (κ3) is 4.26. The van der Waals surface area contributed by atoms with E-state index < -0.39 is 10.8 Å². The number of rotatable bonds is 6. The van der Waals surface area contributed by atoms with E-state index in [1.807, 2.05) is 67.6 Å². The quantitative estimate of drug-likeness (QED) is 0.567. The van der Waals surface area contributed by atoms with Gasteiger partial charge in [-0.3, -0.25) is 9.59 Å². The fourth-order valence-electron chi connectivity index (χ4n) is 3.56. The van der Waals surface area contributed by atoms with E-state index in [0.29, 0.717) is 21.0 Å². The summed E-state index contributed by atoms with van der Waals surface area (Å²) in [6.45, 7) is 3.53. The Morgan fingerprint density at radius 1 is 0.933 bits per heavy atom. The fraction of sp³-hybridized carbons (Fsp3) is 0.200. The van der Waals surface area contributed by atoms with E-state index in [-0.39, 0.29) is 23.5 Å². The standard InChI is InChI=1S/C25H23NO3S/c1-16-7-13-20(14-8-16)30(29)24-6-4-3-5-23(24)26-25(28)22-15-21(22)19-11-9-18(10-12-19)17(2)27/h3-14,21-22H,15H2,1-2H3,(H,26,28)/t21-,22-,30?/m1/s1. The Hall–Kier alpha value is -3.05. The molecule has 0 saturated heterocycles. The van der Waals surface area contributed by atoms with Crippen LogP contribution in [-0.2, 0) is 15.6 Å². The number of ketones is 1. The molecule has 0 aliphatic heterocycles. The summed E-state index contributed by atoms with van der Waals surface area (Å²) in [5.41, 5.74) is 3.43. The molecule has 0 aromatic heterocycles. The Balaban J connectivity index is 1.47. The van der Waals surface area contributed by atoms with Crippen molar-refractivity contribution in [3.63, 3.8) is 0 Å². The molecule has 0 bridgehead atoms. The Morgan fingerprint density at radius 3 is 2.27 bits per heavy atom. The molecule has 1 unspecified atom stereocenters. The predicted octanol–water partition coefficient (Wildman–Crippen LogP) is 5.11. The lowest BCUT2D eigenvalue weighted by atomic mass is 10.0. The Labute approximate surface area is 178 Å². The summed E-state index contributed by atoms with van der Waals surface area (Å²) in [5.74, 6) is 0.00337. The van der Waals surface area contributed by atoms with Gasteiger partial charge in [-0.1, -0.05) is 54.1 Å². The second-order valence-electron chi connectivity index (χ2n) is 7.69. The van der Waals surface area contributed by atoms with Gasteiger partial charge < -0.3 is 5.32 Å². The zero-order valence-electron chi connectivity index (χ0n) is 16.9. The minimum atomic E-state index is -1.37. The van der Waals surface area contributed by atoms with E-state index in [4.69, 9.17) is 0 Å². The second kappa shape index (κ2) is 8.36. The van der Waals surface area contributed by atoms with Gasteiger partial charge >= 0.3 is 0 Å². The summed E-state index contributed by atoms with van der Waals surface area (Å²) in [6, 6.07) is 22.3. The van der Waals surface area contributed by atoms with Crippen LogP contribution in [0.2, 0.25) is 0 Å². The van der Waals surface area contributed by atoms with Crippen LogP contribution in [0, 0.1) is 12.8 Å². The van der Waals surface area contributed by atoms with E-state index in [9.17, 15) is 13.8 Å². The molecule has 1 saturated carbocycles. The number of anilines is 1. The number of hydrogen-bond donors (Lipinski definition) is 1. The largest absolute Gasteiger partial charge is 0.325 e. The van der Waals surface area contributed by atoms with Crippen molar-refractivity contribution in [1.82, 2.24) is 0 Å². The number of Topliss-reactive ketones (excluding diaryl/α,β-unsaturated/α-hetero) is 1. The van der Waals surface area contributed by atoms with Gasteiger partial charge in [-0.15, -0.1) is 0 Å². The minimum Gasteiger partial charge on any atom is -0.325 e. The Bertz CT molecular complexity index is 1120. The average molecular weight is 418 g/mol. The highest BCUT2D eigenvalue weighted by molar-refractivity contribution is 7.85. The van der Waals surface area contributed by atoms with Crippen LogP contribution in [0.15, 0.2) is 82.6 Å². The van der Waals surface area contributed by atoms with E-state index in [0.717, 1.165) is 17.5 Å². The summed E-state index contributed by atoms with van der Waals surface area (Å²) in [6.07, 6.45) is 0.772. The number of hydrogen-bond acceptors (Lipinski definition) is 3. The predicted molar refractivity (Wildman–Crippen MR) is 118 cm³/mol. The molecule has 30 heavy (non-hydrogen) atoms. The molecule has 1 N–H and O–H groups in total. The highest BCUT2D eigenvalue weighted by Crippen LogP contribution is 2.48. The highest BCUT2D eigenvalue weighted by atomic mass is 32.2. The number of aryl methyl sites for hydroxylation is 1. The van der Waals surface area contributed by atoms with Crippen LogP contribution in [0.25, 0.3) is 0 Å². The third-order valence-electron chi connectivity index (χ3n) is 5.45. The van der Waals surface area contributed by atoms with Crippen LogP contribution < -0.4 is 5.32 Å². The van der Waals surface area contributed by atoms with Crippen LogP contribution in [0.4, 0.5) is 5.69 Å². The van der Waals surface area contributed by atoms with Crippen molar-refractivity contribution in [2.45, 2.75) is 36.0 Å². The highest BCUT2D eigenvalue weighted by Gasteiger charge is 2.44. The van der Waals surface area contributed by atoms with Crippen LogP contribution in [0.3, 0.4) is 0 Å². The van der Waals surface area contributed by atoms with Gasteiger partial charge in [0.05, 0.1) is 21.4 Å². The van der Waals surface area contributed by atoms with Gasteiger partial charge in [0, 0.05) is 16.4 Å². The van der Waals surface area contributed by atoms with E-state index in [1.54, 1.807) is 19.1 Å². The first-order chi connectivity index (χ1) is 14.4. The smallest absolute Gasteiger partial charge is 0.228 e. The monoisotopic (exact) mass is 417 g/mol. The van der Waals surface area contributed by atoms with Crippen LogP contribution in [0.5, 0.6) is 0 Å². The Morgan fingerprint density at radius 2 is 1.60 bits per heavy atom. The lowest BCUT2D eigenvalue weighted by molar-refractivity contribution is -0.117. The lowest BCUT2D eigenvalue weighted by Gasteiger charge is -2.11. The van der Waals surface area contributed by atoms with Crippen LogP contribution in [-0.4, -0.2) is 15.9 Å². The molecule has 1 amide bonds. The van der Waals surface area contributed by atoms with E-state index in [2.05, 4.69) is 5.32 Å². The van der Waals surface area contributed by atoms with Crippen LogP contribution in [0.1, 0.15) is 40.7 Å². The molecule has 4 nitrogen and oxygen atoms in total.